The standard InChI is InChI=1S/C27H24FN3O4/c1-3-34-26(32)16-35-25-15-24(18-8-10-19(28)11-9-18)30-23-13-12-20(14-21(23)25)29-27(33)31-22-7-5-4-6-17(22)2/h4-15H,3,16H2,1-2H3,(H2,29,31,33). The van der Waals surface area contributed by atoms with Gasteiger partial charge in [-0.2, -0.15) is 0 Å². The molecule has 4 aromatic rings. The Morgan fingerprint density at radius 3 is 2.49 bits per heavy atom. The molecule has 35 heavy (non-hydrogen) atoms. The van der Waals surface area contributed by atoms with Crippen molar-refractivity contribution in [2.45, 2.75) is 13.8 Å². The molecule has 3 aromatic carbocycles. The average Bonchev–Trinajstić information content (AvgIpc) is 2.84. The molecule has 0 spiro atoms. The molecule has 178 valence electrons. The Hall–Kier alpha value is -4.46. The fraction of sp³-hybridized carbons (Fsp3) is 0.148. The highest BCUT2D eigenvalue weighted by molar-refractivity contribution is 6.02. The molecule has 8 heteroatoms. The largest absolute Gasteiger partial charge is 0.481 e. The van der Waals surface area contributed by atoms with Crippen molar-refractivity contribution in [3.63, 3.8) is 0 Å². The van der Waals surface area contributed by atoms with Gasteiger partial charge >= 0.3 is 12.0 Å². The second-order valence-corrected chi connectivity index (χ2v) is 7.73. The van der Waals surface area contributed by atoms with E-state index in [1.807, 2.05) is 31.2 Å². The topological polar surface area (TPSA) is 89.6 Å². The number of amides is 2. The van der Waals surface area contributed by atoms with Gasteiger partial charge in [-0.05, 0) is 67.9 Å². The Morgan fingerprint density at radius 2 is 1.74 bits per heavy atom. The molecule has 0 saturated carbocycles. The van der Waals surface area contributed by atoms with E-state index in [2.05, 4.69) is 15.6 Å². The number of fused-ring (bicyclic) bond motifs is 1. The van der Waals surface area contributed by atoms with E-state index in [-0.39, 0.29) is 19.0 Å². The zero-order valence-electron chi connectivity index (χ0n) is 19.3. The summed E-state index contributed by atoms with van der Waals surface area (Å²) in [5.74, 6) is -0.481. The fourth-order valence-corrected chi connectivity index (χ4v) is 3.50. The summed E-state index contributed by atoms with van der Waals surface area (Å²) in [5, 5.41) is 6.22. The first kappa shape index (κ1) is 23.7. The molecule has 2 amide bonds. The van der Waals surface area contributed by atoms with E-state index in [1.54, 1.807) is 43.3 Å². The molecule has 0 radical (unpaired) electrons. The lowest BCUT2D eigenvalue weighted by Gasteiger charge is -2.14. The summed E-state index contributed by atoms with van der Waals surface area (Å²) < 4.78 is 24.1. The van der Waals surface area contributed by atoms with E-state index in [9.17, 15) is 14.0 Å². The minimum atomic E-state index is -0.507. The highest BCUT2D eigenvalue weighted by Crippen LogP contribution is 2.32. The van der Waals surface area contributed by atoms with Crippen molar-refractivity contribution in [2.75, 3.05) is 23.8 Å². The van der Waals surface area contributed by atoms with Gasteiger partial charge in [0.05, 0.1) is 17.8 Å². The number of anilines is 2. The maximum absolute atomic E-state index is 13.4. The molecule has 0 aliphatic carbocycles. The Labute approximate surface area is 201 Å². The van der Waals surface area contributed by atoms with Crippen LogP contribution in [0.4, 0.5) is 20.6 Å². The Morgan fingerprint density at radius 1 is 0.971 bits per heavy atom. The molecule has 1 heterocycles. The molecule has 0 saturated heterocycles. The quantitative estimate of drug-likeness (QED) is 0.325. The van der Waals surface area contributed by atoms with E-state index in [0.29, 0.717) is 39.3 Å². The number of hydrogen-bond acceptors (Lipinski definition) is 5. The first-order chi connectivity index (χ1) is 16.9. The van der Waals surface area contributed by atoms with Gasteiger partial charge in [0.15, 0.2) is 6.61 Å². The van der Waals surface area contributed by atoms with Crippen LogP contribution in [-0.4, -0.2) is 30.2 Å². The fourth-order valence-electron chi connectivity index (χ4n) is 3.50. The number of nitrogens with zero attached hydrogens (tertiary/aromatic N) is 1. The number of hydrogen-bond donors (Lipinski definition) is 2. The van der Waals surface area contributed by atoms with Crippen molar-refractivity contribution in [3.05, 3.63) is 84.2 Å². The predicted octanol–water partition coefficient (Wildman–Crippen LogP) is 5.94. The second-order valence-electron chi connectivity index (χ2n) is 7.73. The highest BCUT2D eigenvalue weighted by atomic mass is 19.1. The van der Waals surface area contributed by atoms with E-state index in [1.165, 1.54) is 12.1 Å². The number of halogens is 1. The van der Waals surface area contributed by atoms with E-state index in [4.69, 9.17) is 9.47 Å². The van der Waals surface area contributed by atoms with E-state index in [0.717, 1.165) is 5.56 Å². The number of benzene rings is 3. The van der Waals surface area contributed by atoms with Crippen LogP contribution in [0, 0.1) is 12.7 Å². The number of rotatable bonds is 7. The third kappa shape index (κ3) is 5.92. The summed E-state index contributed by atoms with van der Waals surface area (Å²) in [5.41, 5.74) is 3.98. The zero-order chi connectivity index (χ0) is 24.8. The van der Waals surface area contributed by atoms with Gasteiger partial charge in [-0.15, -0.1) is 0 Å². The summed E-state index contributed by atoms with van der Waals surface area (Å²) in [4.78, 5) is 29.1. The number of carbonyl (C=O) groups is 2. The van der Waals surface area contributed by atoms with E-state index < -0.39 is 12.0 Å². The number of carbonyl (C=O) groups excluding carboxylic acids is 2. The maximum Gasteiger partial charge on any atom is 0.344 e. The molecule has 2 N–H and O–H groups in total. The van der Waals surface area contributed by atoms with Crippen molar-refractivity contribution in [1.82, 2.24) is 4.98 Å². The number of aromatic nitrogens is 1. The minimum Gasteiger partial charge on any atom is -0.481 e. The lowest BCUT2D eigenvalue weighted by molar-refractivity contribution is -0.145. The lowest BCUT2D eigenvalue weighted by atomic mass is 10.1. The number of urea groups is 1. The Kier molecular flexibility index (Phi) is 7.21. The van der Waals surface area contributed by atoms with Crippen LogP contribution < -0.4 is 15.4 Å². The highest BCUT2D eigenvalue weighted by Gasteiger charge is 2.13. The summed E-state index contributed by atoms with van der Waals surface area (Å²) in [6, 6.07) is 19.8. The van der Waals surface area contributed by atoms with Gasteiger partial charge in [0.1, 0.15) is 11.6 Å². The smallest absolute Gasteiger partial charge is 0.344 e. The van der Waals surface area contributed by atoms with Crippen molar-refractivity contribution in [2.24, 2.45) is 0 Å². The molecular weight excluding hydrogens is 449 g/mol. The molecule has 0 aliphatic rings. The lowest BCUT2D eigenvalue weighted by Crippen LogP contribution is -2.20. The molecule has 0 bridgehead atoms. The molecule has 1 aromatic heterocycles. The third-order valence-corrected chi connectivity index (χ3v) is 5.21. The zero-order valence-corrected chi connectivity index (χ0v) is 19.3. The van der Waals surface area contributed by atoms with Gasteiger partial charge in [0.25, 0.3) is 0 Å². The predicted molar refractivity (Wildman–Crippen MR) is 133 cm³/mol. The first-order valence-electron chi connectivity index (χ1n) is 11.1. The maximum atomic E-state index is 13.4. The van der Waals surface area contributed by atoms with Crippen LogP contribution in [0.25, 0.3) is 22.2 Å². The van der Waals surface area contributed by atoms with Crippen molar-refractivity contribution >= 4 is 34.3 Å². The number of pyridine rings is 1. The average molecular weight is 474 g/mol. The normalized spacial score (nSPS) is 10.6. The van der Waals surface area contributed by atoms with Crippen LogP contribution in [0.5, 0.6) is 5.75 Å². The van der Waals surface area contributed by atoms with Gasteiger partial charge < -0.3 is 20.1 Å². The van der Waals surface area contributed by atoms with Crippen molar-refractivity contribution in [3.8, 4) is 17.0 Å². The molecular formula is C27H24FN3O4. The summed E-state index contributed by atoms with van der Waals surface area (Å²) in [7, 11) is 0. The number of aryl methyl sites for hydroxylation is 1. The minimum absolute atomic E-state index is 0.240. The van der Waals surface area contributed by atoms with E-state index >= 15 is 0 Å². The first-order valence-corrected chi connectivity index (χ1v) is 11.1. The van der Waals surface area contributed by atoms with Gasteiger partial charge in [0, 0.05) is 28.4 Å². The van der Waals surface area contributed by atoms with Crippen molar-refractivity contribution < 1.29 is 23.5 Å². The van der Waals surface area contributed by atoms with Crippen LogP contribution >= 0.6 is 0 Å². The molecule has 7 nitrogen and oxygen atoms in total. The summed E-state index contributed by atoms with van der Waals surface area (Å²) >= 11 is 0. The van der Waals surface area contributed by atoms with Crippen LogP contribution in [0.2, 0.25) is 0 Å². The molecule has 4 rings (SSSR count). The van der Waals surface area contributed by atoms with Gasteiger partial charge in [-0.3, -0.25) is 0 Å². The molecule has 0 atom stereocenters. The summed E-state index contributed by atoms with van der Waals surface area (Å²) in [6.45, 7) is 3.57. The SMILES string of the molecule is CCOC(=O)COc1cc(-c2ccc(F)cc2)nc2ccc(NC(=O)Nc3ccccc3C)cc12. The number of esters is 1. The van der Waals surface area contributed by atoms with Gasteiger partial charge in [-0.25, -0.2) is 19.0 Å². The van der Waals surface area contributed by atoms with Crippen LogP contribution in [-0.2, 0) is 9.53 Å². The Bertz CT molecular complexity index is 1370. The molecule has 0 aliphatic heterocycles. The monoisotopic (exact) mass is 473 g/mol. The summed E-state index contributed by atoms with van der Waals surface area (Å²) in [6.07, 6.45) is 0. The van der Waals surface area contributed by atoms with Gasteiger partial charge in [-0.1, -0.05) is 18.2 Å². The number of ether oxygens (including phenoxy) is 2. The van der Waals surface area contributed by atoms with Crippen molar-refractivity contribution in [1.29, 1.82) is 0 Å². The number of para-hydroxylation sites is 1. The number of nitrogens with one attached hydrogen (secondary N) is 2. The second kappa shape index (κ2) is 10.6. The molecule has 0 fully saturated rings. The van der Waals surface area contributed by atoms with Gasteiger partial charge in [0.2, 0.25) is 0 Å². The van der Waals surface area contributed by atoms with Crippen LogP contribution in [0.3, 0.4) is 0 Å². The van der Waals surface area contributed by atoms with Crippen LogP contribution in [0.1, 0.15) is 12.5 Å². The van der Waals surface area contributed by atoms with Crippen LogP contribution in [0.15, 0.2) is 72.8 Å². The third-order valence-electron chi connectivity index (χ3n) is 5.21. The Balaban J connectivity index is 1.65. The molecule has 0 unspecified atom stereocenters.